The molecule has 15 aliphatic rings. The Morgan fingerprint density at radius 2 is 0.979 bits per heavy atom. The highest BCUT2D eigenvalue weighted by Gasteiger charge is 2.67. The zero-order valence-electron chi connectivity index (χ0n) is 57.6. The number of rotatable bonds is 15. The van der Waals surface area contributed by atoms with Gasteiger partial charge in [-0.1, -0.05) is 62.3 Å². The molecule has 15 rings (SSSR count). The predicted molar refractivity (Wildman–Crippen MR) is 333 cm³/mol. The van der Waals surface area contributed by atoms with Crippen LogP contribution in [0.2, 0.25) is 0 Å². The zero-order valence-corrected chi connectivity index (χ0v) is 57.6. The van der Waals surface area contributed by atoms with Crippen molar-refractivity contribution in [3.8, 4) is 0 Å². The van der Waals surface area contributed by atoms with Crippen LogP contribution in [0.5, 0.6) is 0 Å². The molecule has 0 amide bonds. The first kappa shape index (κ1) is 70.0. The molecule has 10 bridgehead atoms. The molecule has 0 radical (unpaired) electrons. The second kappa shape index (κ2) is 27.5. The molecule has 8 saturated carbocycles. The maximum atomic E-state index is 12.1. The molecule has 15 fully saturated rings. The largest absolute Gasteiger partial charge is 0.465 e. The molecule has 21 nitrogen and oxygen atoms in total. The lowest BCUT2D eigenvalue weighted by atomic mass is 9.71. The average molecular weight is 1320 g/mol. The molecular weight excluding hydrogens is 1210 g/mol. The maximum Gasteiger partial charge on any atom is 0.312 e. The minimum atomic E-state index is -0.510. The maximum absolute atomic E-state index is 12.1. The summed E-state index contributed by atoms with van der Waals surface area (Å²) < 4.78 is 59.9. The fourth-order valence-corrected chi connectivity index (χ4v) is 19.3. The van der Waals surface area contributed by atoms with Crippen LogP contribution in [0, 0.1) is 104 Å². The highest BCUT2D eigenvalue weighted by molar-refractivity contribution is 5.82. The quantitative estimate of drug-likeness (QED) is 0.109. The summed E-state index contributed by atoms with van der Waals surface area (Å²) in [5.74, 6) is 2.08. The van der Waals surface area contributed by atoms with Crippen molar-refractivity contribution in [3.63, 3.8) is 0 Å². The second-order valence-electron chi connectivity index (χ2n) is 32.2. The van der Waals surface area contributed by atoms with Gasteiger partial charge in [0.25, 0.3) is 0 Å². The van der Waals surface area contributed by atoms with E-state index >= 15 is 0 Å². The predicted octanol–water partition coefficient (Wildman–Crippen LogP) is 10.3. The number of esters is 10. The molecule has 0 N–H and O–H groups in total. The van der Waals surface area contributed by atoms with Gasteiger partial charge in [-0.2, -0.15) is 0 Å². The van der Waals surface area contributed by atoms with Crippen LogP contribution in [0.3, 0.4) is 0 Å². The number of carbonyl (C=O) groups excluding carboxylic acids is 10. The van der Waals surface area contributed by atoms with Crippen molar-refractivity contribution in [2.45, 2.75) is 266 Å². The van der Waals surface area contributed by atoms with Crippen molar-refractivity contribution in [1.82, 2.24) is 0 Å². The SMILES string of the molecule is CCC(C)(C)C(=O)OC1C2CC3C(=O)OC1C3O2.CCC(C)C(=O)OC1CC2CC1C1(CCOC1=O)C2.CCC(C)C(=O)OC1CC2CC1C1(COC(=O)C1)C2.CCC(C)C(=O)OC1CC2CC1CC21CCOC1=O.CCC(C)C(=O)OC1CC2CC1CC21COC(=O)C1. The molecule has 25 atom stereocenters. The summed E-state index contributed by atoms with van der Waals surface area (Å²) in [5.41, 5.74) is -1.03. The highest BCUT2D eigenvalue weighted by atomic mass is 16.7. The van der Waals surface area contributed by atoms with E-state index in [0.717, 1.165) is 116 Å². The first-order valence-electron chi connectivity index (χ1n) is 36.2. The molecule has 25 unspecified atom stereocenters. The van der Waals surface area contributed by atoms with Gasteiger partial charge < -0.3 is 52.1 Å². The second-order valence-corrected chi connectivity index (χ2v) is 32.2. The number of carbonyl (C=O) groups is 10. The van der Waals surface area contributed by atoms with Crippen molar-refractivity contribution in [2.24, 2.45) is 104 Å². The lowest BCUT2D eigenvalue weighted by Gasteiger charge is -2.36. The van der Waals surface area contributed by atoms with Gasteiger partial charge in [0, 0.05) is 22.7 Å². The Morgan fingerprint density at radius 3 is 1.43 bits per heavy atom. The van der Waals surface area contributed by atoms with Crippen molar-refractivity contribution >= 4 is 59.7 Å². The molecular formula is C73H106O21. The minimum Gasteiger partial charge on any atom is -0.465 e. The van der Waals surface area contributed by atoms with Crippen LogP contribution in [-0.2, 0) is 100 Å². The third-order valence-electron chi connectivity index (χ3n) is 26.3. The molecule has 7 aliphatic heterocycles. The molecule has 4 spiro atoms. The number of hydrogen-bond donors (Lipinski definition) is 0. The van der Waals surface area contributed by atoms with E-state index in [9.17, 15) is 47.9 Å². The monoisotopic (exact) mass is 1320 g/mol. The van der Waals surface area contributed by atoms with Crippen LogP contribution in [-0.4, -0.2) is 135 Å². The molecule has 0 aromatic carbocycles. The molecule has 21 heteroatoms. The van der Waals surface area contributed by atoms with E-state index in [1.54, 1.807) is 0 Å². The van der Waals surface area contributed by atoms with Gasteiger partial charge in [0.15, 0.2) is 12.2 Å². The van der Waals surface area contributed by atoms with E-state index in [2.05, 4.69) is 0 Å². The van der Waals surface area contributed by atoms with E-state index in [1.807, 2.05) is 76.2 Å². The number of fused-ring (bicyclic) bond motifs is 13. The summed E-state index contributed by atoms with van der Waals surface area (Å²) in [6.45, 7) is 23.5. The Hall–Kier alpha value is -5.34. The Labute approximate surface area is 554 Å². The summed E-state index contributed by atoms with van der Waals surface area (Å²) in [5, 5.41) is 0. The standard InChI is InChI=1S/4C15H22O4.C13H18O5/c1-3-9(2)14(17)19-12-5-11-4-10(12)6-15(11)7-13(16)18-8-15;1-3-9(2)14(17)19-12-5-10-4-11(12)15(6-10)7-13(16)18-8-15;1-3-9(2)13(16)19-12-7-11-6-10(12)8-15(11)4-5-18-14(15)17;1-3-9(2)13(16)19-12-7-10-6-11(12)15(8-10)4-5-18-14(15)17;1-4-13(2,3)12(15)18-9-7-5-6-8(16-7)10(9)17-11(6)14/h4*9-12H,3-8H2,1-2H3;6-10H,4-5H2,1-3H3. The van der Waals surface area contributed by atoms with E-state index in [1.165, 1.54) is 0 Å². The Bertz CT molecular complexity index is 2900. The normalized spacial score (nSPS) is 41.5. The third kappa shape index (κ3) is 13.2. The molecule has 7 saturated heterocycles. The van der Waals surface area contributed by atoms with Gasteiger partial charge >= 0.3 is 59.7 Å². The molecule has 94 heavy (non-hydrogen) atoms. The fourth-order valence-electron chi connectivity index (χ4n) is 19.3. The van der Waals surface area contributed by atoms with Gasteiger partial charge in [0.2, 0.25) is 0 Å². The van der Waals surface area contributed by atoms with Crippen LogP contribution in [0.1, 0.15) is 217 Å². The van der Waals surface area contributed by atoms with Gasteiger partial charge in [-0.25, -0.2) is 0 Å². The zero-order chi connectivity index (χ0) is 67.6. The Balaban J connectivity index is 0.000000120. The summed E-state index contributed by atoms with van der Waals surface area (Å²) in [6, 6.07) is 0. The highest BCUT2D eigenvalue weighted by Crippen LogP contribution is 2.64. The lowest BCUT2D eigenvalue weighted by Crippen LogP contribution is -2.42. The smallest absolute Gasteiger partial charge is 0.312 e. The summed E-state index contributed by atoms with van der Waals surface area (Å²) >= 11 is 0. The van der Waals surface area contributed by atoms with E-state index in [0.29, 0.717) is 93.5 Å². The van der Waals surface area contributed by atoms with Crippen molar-refractivity contribution < 1.29 is 100 Å². The van der Waals surface area contributed by atoms with Gasteiger partial charge in [-0.05, 0) is 178 Å². The van der Waals surface area contributed by atoms with Crippen molar-refractivity contribution in [1.29, 1.82) is 0 Å². The Kier molecular flexibility index (Phi) is 20.5. The molecule has 7 heterocycles. The minimum absolute atomic E-state index is 0.00768. The van der Waals surface area contributed by atoms with Crippen molar-refractivity contribution in [3.05, 3.63) is 0 Å². The first-order valence-corrected chi connectivity index (χ1v) is 36.2. The average Bonchev–Trinajstić information content (AvgIpc) is 1.62. The number of cyclic esters (lactones) is 4. The lowest BCUT2D eigenvalue weighted by molar-refractivity contribution is -0.169. The van der Waals surface area contributed by atoms with Gasteiger partial charge in [0.1, 0.15) is 30.5 Å². The van der Waals surface area contributed by atoms with Crippen LogP contribution in [0.25, 0.3) is 0 Å². The van der Waals surface area contributed by atoms with Gasteiger partial charge in [-0.3, -0.25) is 47.9 Å². The topological polar surface area (TPSA) is 272 Å². The van der Waals surface area contributed by atoms with Crippen LogP contribution in [0.15, 0.2) is 0 Å². The summed E-state index contributed by atoms with van der Waals surface area (Å²) in [6.07, 6.45) is 18.0. The third-order valence-corrected chi connectivity index (χ3v) is 26.3. The van der Waals surface area contributed by atoms with Crippen LogP contribution >= 0.6 is 0 Å². The van der Waals surface area contributed by atoms with Gasteiger partial charge in [0.05, 0.1) is 91.2 Å². The Morgan fingerprint density at radius 1 is 0.500 bits per heavy atom. The van der Waals surface area contributed by atoms with E-state index < -0.39 is 17.6 Å². The summed E-state index contributed by atoms with van der Waals surface area (Å²) in [7, 11) is 0. The molecule has 8 aliphatic carbocycles. The number of ether oxygens (including phenoxy) is 11. The van der Waals surface area contributed by atoms with Crippen LogP contribution in [0.4, 0.5) is 0 Å². The first-order chi connectivity index (χ1) is 44.6. The molecule has 0 aromatic rings. The number of hydrogen-bond acceptors (Lipinski definition) is 21. The van der Waals surface area contributed by atoms with Crippen molar-refractivity contribution in [2.75, 3.05) is 26.4 Å². The van der Waals surface area contributed by atoms with E-state index in [4.69, 9.17) is 52.1 Å². The molecule has 524 valence electrons. The van der Waals surface area contributed by atoms with Crippen LogP contribution < -0.4 is 0 Å². The molecule has 0 aromatic heterocycles. The fraction of sp³-hybridized carbons (Fsp3) is 0.863. The summed E-state index contributed by atoms with van der Waals surface area (Å²) in [4.78, 5) is 118. The van der Waals surface area contributed by atoms with Gasteiger partial charge in [-0.15, -0.1) is 0 Å². The van der Waals surface area contributed by atoms with E-state index in [-0.39, 0.29) is 153 Å².